The zero-order valence-electron chi connectivity index (χ0n) is 10.5. The summed E-state index contributed by atoms with van der Waals surface area (Å²) in [4.78, 5) is 3.94. The summed E-state index contributed by atoms with van der Waals surface area (Å²) in [6, 6.07) is 4.89. The molecular formula is C14H15F3N2. The second-order valence-corrected chi connectivity index (χ2v) is 4.37. The van der Waals surface area contributed by atoms with Gasteiger partial charge in [0.2, 0.25) is 0 Å². The predicted octanol–water partition coefficient (Wildman–Crippen LogP) is 3.84. The first-order valence-electron chi connectivity index (χ1n) is 6.16. The Bertz CT molecular complexity index is 546. The van der Waals surface area contributed by atoms with Crippen LogP contribution in [0.25, 0.3) is 10.8 Å². The highest BCUT2D eigenvalue weighted by atomic mass is 19.4. The highest BCUT2D eigenvalue weighted by molar-refractivity contribution is 5.85. The van der Waals surface area contributed by atoms with Crippen molar-refractivity contribution in [3.8, 4) is 0 Å². The minimum Gasteiger partial charge on any atom is -0.302 e. The zero-order valence-corrected chi connectivity index (χ0v) is 10.5. The number of hydrogen-bond acceptors (Lipinski definition) is 2. The quantitative estimate of drug-likeness (QED) is 0.911. The number of fused-ring (bicyclic) bond motifs is 1. The predicted molar refractivity (Wildman–Crippen MR) is 68.8 cm³/mol. The molecule has 0 aliphatic heterocycles. The first kappa shape index (κ1) is 13.8. The van der Waals surface area contributed by atoms with E-state index in [1.165, 1.54) is 12.3 Å². The van der Waals surface area contributed by atoms with Crippen LogP contribution in [-0.2, 0) is 0 Å². The molecule has 0 aliphatic carbocycles. The lowest BCUT2D eigenvalue weighted by Gasteiger charge is -2.23. The van der Waals surface area contributed by atoms with Crippen molar-refractivity contribution in [1.29, 1.82) is 0 Å². The highest BCUT2D eigenvalue weighted by Gasteiger charge is 2.40. The number of rotatable bonds is 4. The van der Waals surface area contributed by atoms with Crippen LogP contribution in [-0.4, -0.2) is 17.7 Å². The van der Waals surface area contributed by atoms with Gasteiger partial charge in [0.15, 0.2) is 0 Å². The van der Waals surface area contributed by atoms with Crippen LogP contribution in [0.2, 0.25) is 0 Å². The molecule has 0 amide bonds. The van der Waals surface area contributed by atoms with Gasteiger partial charge in [0, 0.05) is 17.8 Å². The second kappa shape index (κ2) is 5.57. The van der Waals surface area contributed by atoms with Crippen molar-refractivity contribution in [3.63, 3.8) is 0 Å². The monoisotopic (exact) mass is 268 g/mol. The number of nitrogens with zero attached hydrogens (tertiary/aromatic N) is 1. The van der Waals surface area contributed by atoms with Gasteiger partial charge in [0.05, 0.1) is 0 Å². The van der Waals surface area contributed by atoms with Gasteiger partial charge in [-0.2, -0.15) is 13.2 Å². The van der Waals surface area contributed by atoms with E-state index in [-0.39, 0.29) is 5.56 Å². The van der Waals surface area contributed by atoms with Crippen LogP contribution in [0, 0.1) is 0 Å². The van der Waals surface area contributed by atoms with Crippen LogP contribution in [0.4, 0.5) is 13.2 Å². The molecule has 0 spiro atoms. The van der Waals surface area contributed by atoms with Crippen LogP contribution in [0.3, 0.4) is 0 Å². The zero-order chi connectivity index (χ0) is 13.9. The van der Waals surface area contributed by atoms with Crippen molar-refractivity contribution < 1.29 is 13.2 Å². The molecule has 0 saturated heterocycles. The summed E-state index contributed by atoms with van der Waals surface area (Å²) in [6.07, 6.45) is -0.573. The van der Waals surface area contributed by atoms with Crippen LogP contribution in [0.5, 0.6) is 0 Å². The van der Waals surface area contributed by atoms with E-state index in [1.807, 2.05) is 6.92 Å². The van der Waals surface area contributed by atoms with Crippen molar-refractivity contribution in [2.24, 2.45) is 0 Å². The first-order valence-corrected chi connectivity index (χ1v) is 6.16. The first-order chi connectivity index (χ1) is 9.04. The summed E-state index contributed by atoms with van der Waals surface area (Å²) in [6.45, 7) is 2.17. The van der Waals surface area contributed by atoms with Gasteiger partial charge in [-0.1, -0.05) is 25.1 Å². The molecule has 1 aromatic carbocycles. The molecule has 1 aromatic heterocycles. The Morgan fingerprint density at radius 1 is 1.26 bits per heavy atom. The Balaban J connectivity index is 2.49. The molecule has 1 N–H and O–H groups in total. The number of benzene rings is 1. The Morgan fingerprint density at radius 2 is 2.05 bits per heavy atom. The molecule has 0 fully saturated rings. The molecule has 5 heteroatoms. The van der Waals surface area contributed by atoms with E-state index in [0.29, 0.717) is 23.7 Å². The van der Waals surface area contributed by atoms with Gasteiger partial charge >= 0.3 is 6.18 Å². The van der Waals surface area contributed by atoms with Crippen molar-refractivity contribution >= 4 is 10.8 Å². The molecule has 0 bridgehead atoms. The molecule has 19 heavy (non-hydrogen) atoms. The largest absolute Gasteiger partial charge is 0.407 e. The maximum atomic E-state index is 13.2. The van der Waals surface area contributed by atoms with Crippen LogP contribution >= 0.6 is 0 Å². The third-order valence-electron chi connectivity index (χ3n) is 2.95. The molecule has 2 rings (SSSR count). The number of alkyl halides is 3. The summed E-state index contributed by atoms with van der Waals surface area (Å²) in [5, 5.41) is 3.87. The molecule has 0 radical (unpaired) electrons. The topological polar surface area (TPSA) is 24.9 Å². The fourth-order valence-corrected chi connectivity index (χ4v) is 2.09. The lowest BCUT2D eigenvalue weighted by molar-refractivity contribution is -0.157. The molecule has 2 aromatic rings. The van der Waals surface area contributed by atoms with Gasteiger partial charge in [-0.3, -0.25) is 4.98 Å². The van der Waals surface area contributed by atoms with Gasteiger partial charge in [-0.05, 0) is 30.0 Å². The number of halogens is 3. The Morgan fingerprint density at radius 3 is 2.74 bits per heavy atom. The van der Waals surface area contributed by atoms with E-state index in [0.717, 1.165) is 0 Å². The van der Waals surface area contributed by atoms with Crippen molar-refractivity contribution in [1.82, 2.24) is 10.3 Å². The van der Waals surface area contributed by atoms with Gasteiger partial charge in [0.1, 0.15) is 6.04 Å². The molecule has 0 aliphatic rings. The summed E-state index contributed by atoms with van der Waals surface area (Å²) in [5.41, 5.74) is 0.251. The van der Waals surface area contributed by atoms with Crippen LogP contribution < -0.4 is 5.32 Å². The molecule has 1 atom stereocenters. The van der Waals surface area contributed by atoms with E-state index in [9.17, 15) is 13.2 Å². The van der Waals surface area contributed by atoms with Crippen LogP contribution in [0.15, 0.2) is 36.7 Å². The maximum Gasteiger partial charge on any atom is 0.407 e. The minimum absolute atomic E-state index is 0.251. The van der Waals surface area contributed by atoms with Crippen molar-refractivity contribution in [2.75, 3.05) is 6.54 Å². The lowest BCUT2D eigenvalue weighted by atomic mass is 9.99. The molecule has 2 nitrogen and oxygen atoms in total. The average Bonchev–Trinajstić information content (AvgIpc) is 2.38. The molecule has 1 unspecified atom stereocenters. The Kier molecular flexibility index (Phi) is 4.04. The SMILES string of the molecule is CCCNC(c1cccc2cnccc12)C(F)(F)F. The van der Waals surface area contributed by atoms with Gasteiger partial charge in [-0.15, -0.1) is 0 Å². The molecular weight excluding hydrogens is 253 g/mol. The molecule has 1 heterocycles. The second-order valence-electron chi connectivity index (χ2n) is 4.37. The number of hydrogen-bond donors (Lipinski definition) is 1. The average molecular weight is 268 g/mol. The number of nitrogens with one attached hydrogen (secondary N) is 1. The van der Waals surface area contributed by atoms with E-state index < -0.39 is 12.2 Å². The minimum atomic E-state index is -4.31. The summed E-state index contributed by atoms with van der Waals surface area (Å²) >= 11 is 0. The van der Waals surface area contributed by atoms with Gasteiger partial charge in [-0.25, -0.2) is 0 Å². The van der Waals surface area contributed by atoms with Crippen molar-refractivity contribution in [2.45, 2.75) is 25.6 Å². The molecule has 0 saturated carbocycles. The fraction of sp³-hybridized carbons (Fsp3) is 0.357. The summed E-state index contributed by atoms with van der Waals surface area (Å²) in [7, 11) is 0. The lowest BCUT2D eigenvalue weighted by Crippen LogP contribution is -2.34. The van der Waals surface area contributed by atoms with Gasteiger partial charge < -0.3 is 5.32 Å². The number of pyridine rings is 1. The summed E-state index contributed by atoms with van der Waals surface area (Å²) < 4.78 is 39.5. The van der Waals surface area contributed by atoms with E-state index in [4.69, 9.17) is 0 Å². The van der Waals surface area contributed by atoms with Crippen molar-refractivity contribution in [3.05, 3.63) is 42.2 Å². The standard InChI is InChI=1S/C14H15F3N2/c1-2-7-19-13(14(15,16)17)12-5-3-4-10-9-18-8-6-11(10)12/h3-6,8-9,13,19H,2,7H2,1H3. The third-order valence-corrected chi connectivity index (χ3v) is 2.95. The van der Waals surface area contributed by atoms with Gasteiger partial charge in [0.25, 0.3) is 0 Å². The fourth-order valence-electron chi connectivity index (χ4n) is 2.09. The Hall–Kier alpha value is -1.62. The Labute approximate surface area is 109 Å². The van der Waals surface area contributed by atoms with E-state index in [1.54, 1.807) is 24.4 Å². The smallest absolute Gasteiger partial charge is 0.302 e. The summed E-state index contributed by atoms with van der Waals surface area (Å²) in [5.74, 6) is 0. The number of aromatic nitrogens is 1. The highest BCUT2D eigenvalue weighted by Crippen LogP contribution is 2.35. The van der Waals surface area contributed by atoms with E-state index >= 15 is 0 Å². The van der Waals surface area contributed by atoms with Crippen LogP contribution in [0.1, 0.15) is 24.9 Å². The van der Waals surface area contributed by atoms with E-state index in [2.05, 4.69) is 10.3 Å². The maximum absolute atomic E-state index is 13.2. The molecule has 102 valence electrons. The normalized spacial score (nSPS) is 13.7. The third kappa shape index (κ3) is 3.04.